The van der Waals surface area contributed by atoms with Gasteiger partial charge in [0.05, 0.1) is 5.56 Å². The zero-order valence-corrected chi connectivity index (χ0v) is 10.8. The first kappa shape index (κ1) is 12.4. The van der Waals surface area contributed by atoms with Gasteiger partial charge < -0.3 is 9.73 Å². The number of aryl methyl sites for hydroxylation is 3. The molecule has 18 heavy (non-hydrogen) atoms. The van der Waals surface area contributed by atoms with Gasteiger partial charge in [0.15, 0.2) is 5.82 Å². The van der Waals surface area contributed by atoms with Crippen molar-refractivity contribution in [3.8, 4) is 0 Å². The SMILES string of the molecule is CCCc1cc(NC(=O)c2cc(C)oc2C)n[nH]1. The van der Waals surface area contributed by atoms with E-state index in [1.165, 1.54) is 0 Å². The molecule has 96 valence electrons. The number of amides is 1. The number of aromatic nitrogens is 2. The predicted molar refractivity (Wildman–Crippen MR) is 68.7 cm³/mol. The van der Waals surface area contributed by atoms with E-state index in [0.29, 0.717) is 17.1 Å². The van der Waals surface area contributed by atoms with Crippen LogP contribution in [-0.4, -0.2) is 16.1 Å². The zero-order valence-electron chi connectivity index (χ0n) is 10.8. The number of nitrogens with zero attached hydrogens (tertiary/aromatic N) is 1. The molecule has 2 aromatic heterocycles. The van der Waals surface area contributed by atoms with Crippen molar-refractivity contribution in [3.05, 3.63) is 34.9 Å². The largest absolute Gasteiger partial charge is 0.466 e. The molecule has 0 aliphatic heterocycles. The number of nitrogens with one attached hydrogen (secondary N) is 2. The molecule has 0 fully saturated rings. The molecule has 2 N–H and O–H groups in total. The van der Waals surface area contributed by atoms with Crippen molar-refractivity contribution in [3.63, 3.8) is 0 Å². The van der Waals surface area contributed by atoms with E-state index in [-0.39, 0.29) is 5.91 Å². The summed E-state index contributed by atoms with van der Waals surface area (Å²) in [6, 6.07) is 3.58. The van der Waals surface area contributed by atoms with Gasteiger partial charge in [-0.25, -0.2) is 0 Å². The summed E-state index contributed by atoms with van der Waals surface area (Å²) in [7, 11) is 0. The standard InChI is InChI=1S/C13H17N3O2/c1-4-5-10-7-12(16-15-10)14-13(17)11-6-8(2)18-9(11)3/h6-7H,4-5H2,1-3H3,(H2,14,15,16,17). The lowest BCUT2D eigenvalue weighted by molar-refractivity contribution is 0.102. The highest BCUT2D eigenvalue weighted by molar-refractivity contribution is 6.04. The van der Waals surface area contributed by atoms with Crippen molar-refractivity contribution in [2.75, 3.05) is 5.32 Å². The fourth-order valence-electron chi connectivity index (χ4n) is 1.86. The first-order valence-corrected chi connectivity index (χ1v) is 6.02. The molecule has 2 aromatic rings. The molecule has 0 unspecified atom stereocenters. The Hall–Kier alpha value is -2.04. The minimum Gasteiger partial charge on any atom is -0.466 e. The summed E-state index contributed by atoms with van der Waals surface area (Å²) in [5.74, 6) is 1.70. The second-order valence-corrected chi connectivity index (χ2v) is 4.31. The number of H-pyrrole nitrogens is 1. The Labute approximate surface area is 106 Å². The van der Waals surface area contributed by atoms with E-state index < -0.39 is 0 Å². The Bertz CT molecular complexity index is 554. The smallest absolute Gasteiger partial charge is 0.260 e. The molecule has 0 spiro atoms. The van der Waals surface area contributed by atoms with Gasteiger partial charge in [0, 0.05) is 11.8 Å². The number of anilines is 1. The van der Waals surface area contributed by atoms with Gasteiger partial charge in [-0.2, -0.15) is 5.10 Å². The van der Waals surface area contributed by atoms with Gasteiger partial charge >= 0.3 is 0 Å². The summed E-state index contributed by atoms with van der Waals surface area (Å²) in [4.78, 5) is 12.0. The average Bonchev–Trinajstić information content (AvgIpc) is 2.86. The molecule has 0 saturated carbocycles. The maximum atomic E-state index is 12.0. The minimum absolute atomic E-state index is 0.195. The number of carbonyl (C=O) groups is 1. The van der Waals surface area contributed by atoms with Crippen LogP contribution in [0.4, 0.5) is 5.82 Å². The van der Waals surface area contributed by atoms with Crippen molar-refractivity contribution in [1.29, 1.82) is 0 Å². The molecule has 0 aliphatic rings. The van der Waals surface area contributed by atoms with Crippen LogP contribution in [0.15, 0.2) is 16.5 Å². The van der Waals surface area contributed by atoms with Crippen LogP contribution in [0.3, 0.4) is 0 Å². The summed E-state index contributed by atoms with van der Waals surface area (Å²) in [6.45, 7) is 5.68. The molecule has 2 heterocycles. The molecule has 0 aliphatic carbocycles. The lowest BCUT2D eigenvalue weighted by Crippen LogP contribution is -2.12. The van der Waals surface area contributed by atoms with Crippen LogP contribution in [-0.2, 0) is 6.42 Å². The number of carbonyl (C=O) groups excluding carboxylic acids is 1. The van der Waals surface area contributed by atoms with Crippen molar-refractivity contribution < 1.29 is 9.21 Å². The van der Waals surface area contributed by atoms with Crippen molar-refractivity contribution in [2.24, 2.45) is 0 Å². The number of hydrogen-bond donors (Lipinski definition) is 2. The fraction of sp³-hybridized carbons (Fsp3) is 0.385. The van der Waals surface area contributed by atoms with Crippen molar-refractivity contribution in [2.45, 2.75) is 33.6 Å². The number of rotatable bonds is 4. The second kappa shape index (κ2) is 5.08. The Morgan fingerprint density at radius 1 is 1.44 bits per heavy atom. The Morgan fingerprint density at radius 2 is 2.22 bits per heavy atom. The van der Waals surface area contributed by atoms with Crippen LogP contribution in [0, 0.1) is 13.8 Å². The summed E-state index contributed by atoms with van der Waals surface area (Å²) < 4.78 is 5.33. The second-order valence-electron chi connectivity index (χ2n) is 4.31. The van der Waals surface area contributed by atoms with E-state index in [2.05, 4.69) is 22.4 Å². The summed E-state index contributed by atoms with van der Waals surface area (Å²) in [5.41, 5.74) is 1.57. The van der Waals surface area contributed by atoms with E-state index in [1.807, 2.05) is 13.0 Å². The molecule has 0 radical (unpaired) electrons. The molecule has 0 saturated heterocycles. The molecular weight excluding hydrogens is 230 g/mol. The highest BCUT2D eigenvalue weighted by Crippen LogP contribution is 2.16. The summed E-state index contributed by atoms with van der Waals surface area (Å²) in [6.07, 6.45) is 1.96. The number of furan rings is 1. The number of hydrogen-bond acceptors (Lipinski definition) is 3. The third-order valence-corrected chi connectivity index (χ3v) is 2.68. The number of aromatic amines is 1. The normalized spacial score (nSPS) is 10.6. The molecule has 5 nitrogen and oxygen atoms in total. The van der Waals surface area contributed by atoms with E-state index in [4.69, 9.17) is 4.42 Å². The summed E-state index contributed by atoms with van der Waals surface area (Å²) >= 11 is 0. The van der Waals surface area contributed by atoms with Crippen LogP contribution < -0.4 is 5.32 Å². The lowest BCUT2D eigenvalue weighted by atomic mass is 10.2. The van der Waals surface area contributed by atoms with E-state index in [1.54, 1.807) is 13.0 Å². The molecular formula is C13H17N3O2. The average molecular weight is 247 g/mol. The quantitative estimate of drug-likeness (QED) is 0.872. The molecule has 1 amide bonds. The van der Waals surface area contributed by atoms with Gasteiger partial charge in [-0.05, 0) is 26.3 Å². The van der Waals surface area contributed by atoms with Crippen molar-refractivity contribution in [1.82, 2.24) is 10.2 Å². The maximum Gasteiger partial charge on any atom is 0.260 e. The van der Waals surface area contributed by atoms with E-state index in [9.17, 15) is 4.79 Å². The Kier molecular flexibility index (Phi) is 3.50. The van der Waals surface area contributed by atoms with Gasteiger partial charge in [-0.1, -0.05) is 13.3 Å². The van der Waals surface area contributed by atoms with Crippen LogP contribution >= 0.6 is 0 Å². The van der Waals surface area contributed by atoms with Gasteiger partial charge in [0.25, 0.3) is 5.91 Å². The molecule has 2 rings (SSSR count). The monoisotopic (exact) mass is 247 g/mol. The highest BCUT2D eigenvalue weighted by atomic mass is 16.3. The van der Waals surface area contributed by atoms with E-state index >= 15 is 0 Å². The zero-order chi connectivity index (χ0) is 13.1. The fourth-order valence-corrected chi connectivity index (χ4v) is 1.86. The van der Waals surface area contributed by atoms with Gasteiger partial charge in [-0.15, -0.1) is 0 Å². The van der Waals surface area contributed by atoms with E-state index in [0.717, 1.165) is 24.3 Å². The molecule has 0 atom stereocenters. The van der Waals surface area contributed by atoms with Crippen LogP contribution in [0.2, 0.25) is 0 Å². The highest BCUT2D eigenvalue weighted by Gasteiger charge is 2.14. The minimum atomic E-state index is -0.195. The van der Waals surface area contributed by atoms with Crippen LogP contribution in [0.1, 0.15) is 40.9 Å². The Morgan fingerprint density at radius 3 is 2.83 bits per heavy atom. The first-order valence-electron chi connectivity index (χ1n) is 6.02. The van der Waals surface area contributed by atoms with Gasteiger partial charge in [0.1, 0.15) is 11.5 Å². The van der Waals surface area contributed by atoms with Crippen molar-refractivity contribution >= 4 is 11.7 Å². The molecule has 5 heteroatoms. The lowest BCUT2D eigenvalue weighted by Gasteiger charge is -1.99. The molecule has 0 aromatic carbocycles. The van der Waals surface area contributed by atoms with Gasteiger partial charge in [-0.3, -0.25) is 9.89 Å². The third-order valence-electron chi connectivity index (χ3n) is 2.68. The molecule has 0 bridgehead atoms. The maximum absolute atomic E-state index is 12.0. The topological polar surface area (TPSA) is 70.9 Å². The predicted octanol–water partition coefficient (Wildman–Crippen LogP) is 2.82. The van der Waals surface area contributed by atoms with Crippen LogP contribution in [0.5, 0.6) is 0 Å². The third kappa shape index (κ3) is 2.61. The first-order chi connectivity index (χ1) is 8.60. The van der Waals surface area contributed by atoms with Crippen LogP contribution in [0.25, 0.3) is 0 Å². The van der Waals surface area contributed by atoms with Gasteiger partial charge in [0.2, 0.25) is 0 Å². The summed E-state index contributed by atoms with van der Waals surface area (Å²) in [5, 5.41) is 9.69. The Balaban J connectivity index is 2.08.